The molecule has 2 amide bonds. The number of aliphatic hydroxyl groups excluding tert-OH is 1. The first kappa shape index (κ1) is 18.3. The number of aliphatic hydroxyl groups is 1. The number of para-hydroxylation sites is 1. The second-order valence-electron chi connectivity index (χ2n) is 6.88. The van der Waals surface area contributed by atoms with E-state index in [9.17, 15) is 14.7 Å². The Morgan fingerprint density at radius 1 is 1.35 bits per heavy atom. The highest BCUT2D eigenvalue weighted by molar-refractivity contribution is 5.97. The number of amides is 2. The summed E-state index contributed by atoms with van der Waals surface area (Å²) in [5.74, 6) is -0.243. The van der Waals surface area contributed by atoms with Gasteiger partial charge in [-0.1, -0.05) is 18.2 Å². The van der Waals surface area contributed by atoms with E-state index in [1.54, 1.807) is 26.4 Å². The fraction of sp³-hybridized carbons (Fsp3) is 0.421. The third kappa shape index (κ3) is 4.17. The minimum Gasteiger partial charge on any atom is -0.390 e. The minimum atomic E-state index is -0.712. The summed E-state index contributed by atoms with van der Waals surface area (Å²) in [6.45, 7) is 1.29. The summed E-state index contributed by atoms with van der Waals surface area (Å²) in [7, 11) is 3.42. The molecule has 3 rings (SSSR count). The first-order valence-electron chi connectivity index (χ1n) is 8.70. The van der Waals surface area contributed by atoms with Crippen LogP contribution in [0.1, 0.15) is 16.8 Å². The Balaban J connectivity index is 1.60. The maximum Gasteiger partial charge on any atom is 0.253 e. The summed E-state index contributed by atoms with van der Waals surface area (Å²) in [6, 6.07) is 9.08. The summed E-state index contributed by atoms with van der Waals surface area (Å²) < 4.78 is 0. The Bertz CT molecular complexity index is 808. The van der Waals surface area contributed by atoms with Crippen LogP contribution in [-0.4, -0.2) is 77.6 Å². The van der Waals surface area contributed by atoms with Gasteiger partial charge in [0.2, 0.25) is 5.91 Å². The smallest absolute Gasteiger partial charge is 0.253 e. The number of fused-ring (bicyclic) bond motifs is 1. The highest BCUT2D eigenvalue weighted by atomic mass is 16.3. The van der Waals surface area contributed by atoms with E-state index in [-0.39, 0.29) is 24.4 Å². The van der Waals surface area contributed by atoms with Crippen molar-refractivity contribution in [2.45, 2.75) is 18.6 Å². The van der Waals surface area contributed by atoms with Gasteiger partial charge in [0.15, 0.2) is 0 Å². The molecule has 2 atom stereocenters. The molecule has 26 heavy (non-hydrogen) atoms. The summed E-state index contributed by atoms with van der Waals surface area (Å²) in [4.78, 5) is 32.1. The monoisotopic (exact) mass is 356 g/mol. The van der Waals surface area contributed by atoms with E-state index in [1.165, 1.54) is 4.90 Å². The maximum atomic E-state index is 12.5. The van der Waals surface area contributed by atoms with E-state index < -0.39 is 6.10 Å². The van der Waals surface area contributed by atoms with Crippen LogP contribution in [0.4, 0.5) is 0 Å². The van der Waals surface area contributed by atoms with Crippen molar-refractivity contribution < 1.29 is 14.7 Å². The van der Waals surface area contributed by atoms with E-state index in [4.69, 9.17) is 0 Å². The molecule has 0 saturated carbocycles. The number of carbonyl (C=O) groups is 2. The fourth-order valence-corrected chi connectivity index (χ4v) is 3.09. The molecule has 7 nitrogen and oxygen atoms in total. The van der Waals surface area contributed by atoms with Crippen LogP contribution in [0.5, 0.6) is 0 Å². The molecule has 138 valence electrons. The molecule has 7 heteroatoms. The highest BCUT2D eigenvalue weighted by Crippen LogP contribution is 2.15. The van der Waals surface area contributed by atoms with Gasteiger partial charge in [0.25, 0.3) is 5.91 Å². The number of β-amino-alcohol motifs (C(OH)–C–C–N with tert-alkyl or cyclic N) is 1. The molecule has 2 heterocycles. The number of nitrogens with one attached hydrogen (secondary N) is 1. The third-order valence-corrected chi connectivity index (χ3v) is 4.69. The van der Waals surface area contributed by atoms with Gasteiger partial charge in [-0.3, -0.25) is 19.5 Å². The SMILES string of the molecule is CN(C)C(=O)CN1CC[C@@H](NC(=O)c2cnc3ccccc3c2)[C@H](O)C1. The van der Waals surface area contributed by atoms with Gasteiger partial charge in [-0.05, 0) is 18.6 Å². The molecule has 0 bridgehead atoms. The summed E-state index contributed by atoms with van der Waals surface area (Å²) in [6.07, 6.45) is 1.43. The molecular weight excluding hydrogens is 332 g/mol. The molecule has 2 N–H and O–H groups in total. The minimum absolute atomic E-state index is 0.00178. The van der Waals surface area contributed by atoms with Crippen molar-refractivity contribution in [3.63, 3.8) is 0 Å². The largest absolute Gasteiger partial charge is 0.390 e. The number of nitrogens with zero attached hydrogens (tertiary/aromatic N) is 3. The predicted octanol–water partition coefficient (Wildman–Crippen LogP) is 0.488. The average Bonchev–Trinajstić information content (AvgIpc) is 2.63. The number of hydrogen-bond acceptors (Lipinski definition) is 5. The van der Waals surface area contributed by atoms with Crippen LogP contribution in [0.15, 0.2) is 36.5 Å². The Morgan fingerprint density at radius 2 is 2.12 bits per heavy atom. The van der Waals surface area contributed by atoms with E-state index in [1.807, 2.05) is 29.2 Å². The quantitative estimate of drug-likeness (QED) is 0.833. The lowest BCUT2D eigenvalue weighted by Gasteiger charge is -2.36. The molecule has 0 radical (unpaired) electrons. The number of rotatable bonds is 4. The van der Waals surface area contributed by atoms with Crippen LogP contribution < -0.4 is 5.32 Å². The normalized spacial score (nSPS) is 20.7. The zero-order valence-corrected chi connectivity index (χ0v) is 15.1. The zero-order valence-electron chi connectivity index (χ0n) is 15.1. The van der Waals surface area contributed by atoms with Crippen molar-refractivity contribution >= 4 is 22.7 Å². The number of piperidine rings is 1. The summed E-state index contributed by atoms with van der Waals surface area (Å²) in [5.41, 5.74) is 1.31. The van der Waals surface area contributed by atoms with Crippen LogP contribution in [-0.2, 0) is 4.79 Å². The second-order valence-corrected chi connectivity index (χ2v) is 6.88. The highest BCUT2D eigenvalue weighted by Gasteiger charge is 2.30. The van der Waals surface area contributed by atoms with Gasteiger partial charge in [0.1, 0.15) is 0 Å². The third-order valence-electron chi connectivity index (χ3n) is 4.69. The molecule has 1 aliphatic rings. The molecular formula is C19H24N4O3. The van der Waals surface area contributed by atoms with Crippen molar-refractivity contribution in [2.24, 2.45) is 0 Å². The molecule has 1 aliphatic heterocycles. The molecule has 2 aromatic rings. The van der Waals surface area contributed by atoms with Crippen LogP contribution in [0.25, 0.3) is 10.9 Å². The summed E-state index contributed by atoms with van der Waals surface area (Å²) >= 11 is 0. The van der Waals surface area contributed by atoms with Gasteiger partial charge < -0.3 is 15.3 Å². The predicted molar refractivity (Wildman–Crippen MR) is 98.8 cm³/mol. The first-order chi connectivity index (χ1) is 12.4. The molecule has 1 saturated heterocycles. The topological polar surface area (TPSA) is 85.8 Å². The second kappa shape index (κ2) is 7.80. The van der Waals surface area contributed by atoms with Crippen molar-refractivity contribution in [1.29, 1.82) is 0 Å². The van der Waals surface area contributed by atoms with E-state index in [0.29, 0.717) is 25.1 Å². The van der Waals surface area contributed by atoms with Crippen molar-refractivity contribution in [3.05, 3.63) is 42.1 Å². The Labute approximate surface area is 152 Å². The van der Waals surface area contributed by atoms with Crippen molar-refractivity contribution in [2.75, 3.05) is 33.7 Å². The van der Waals surface area contributed by atoms with Gasteiger partial charge in [0.05, 0.1) is 29.8 Å². The van der Waals surface area contributed by atoms with Crippen LogP contribution in [0.3, 0.4) is 0 Å². The van der Waals surface area contributed by atoms with E-state index >= 15 is 0 Å². The van der Waals surface area contributed by atoms with E-state index in [0.717, 1.165) is 10.9 Å². The van der Waals surface area contributed by atoms with Crippen molar-refractivity contribution in [1.82, 2.24) is 20.1 Å². The first-order valence-corrected chi connectivity index (χ1v) is 8.70. The average molecular weight is 356 g/mol. The molecule has 0 unspecified atom stereocenters. The maximum absolute atomic E-state index is 12.5. The summed E-state index contributed by atoms with van der Waals surface area (Å²) in [5, 5.41) is 14.2. The van der Waals surface area contributed by atoms with Gasteiger partial charge in [-0.2, -0.15) is 0 Å². The number of aromatic nitrogens is 1. The van der Waals surface area contributed by atoms with E-state index in [2.05, 4.69) is 10.3 Å². The molecule has 1 aromatic carbocycles. The van der Waals surface area contributed by atoms with Gasteiger partial charge in [-0.15, -0.1) is 0 Å². The molecule has 0 spiro atoms. The standard InChI is InChI=1S/C19H24N4O3/c1-22(2)18(25)12-23-8-7-16(17(24)11-23)21-19(26)14-9-13-5-3-4-6-15(13)20-10-14/h3-6,9-10,16-17,24H,7-8,11-12H2,1-2H3,(H,21,26)/t16-,17-/m1/s1. The number of likely N-dealkylation sites (tertiary alicyclic amines) is 1. The lowest BCUT2D eigenvalue weighted by molar-refractivity contribution is -0.130. The van der Waals surface area contributed by atoms with Gasteiger partial charge in [0, 0.05) is 38.8 Å². The molecule has 0 aliphatic carbocycles. The molecule has 1 aromatic heterocycles. The molecule has 1 fully saturated rings. The van der Waals surface area contributed by atoms with Gasteiger partial charge >= 0.3 is 0 Å². The number of likely N-dealkylation sites (N-methyl/N-ethyl adjacent to an activating group) is 1. The number of pyridine rings is 1. The van der Waals surface area contributed by atoms with Crippen LogP contribution >= 0.6 is 0 Å². The Morgan fingerprint density at radius 3 is 2.85 bits per heavy atom. The lowest BCUT2D eigenvalue weighted by Crippen LogP contribution is -2.55. The van der Waals surface area contributed by atoms with Gasteiger partial charge in [-0.25, -0.2) is 0 Å². The fourth-order valence-electron chi connectivity index (χ4n) is 3.09. The Kier molecular flexibility index (Phi) is 5.49. The zero-order chi connectivity index (χ0) is 18.7. The number of carbonyl (C=O) groups excluding carboxylic acids is 2. The van der Waals surface area contributed by atoms with Crippen LogP contribution in [0, 0.1) is 0 Å². The Hall–Kier alpha value is -2.51. The van der Waals surface area contributed by atoms with Crippen LogP contribution in [0.2, 0.25) is 0 Å². The number of benzene rings is 1. The number of hydrogen-bond donors (Lipinski definition) is 2. The lowest BCUT2D eigenvalue weighted by atomic mass is 10.0. The van der Waals surface area contributed by atoms with Crippen molar-refractivity contribution in [3.8, 4) is 0 Å².